The summed E-state index contributed by atoms with van der Waals surface area (Å²) in [5.74, 6) is 0.890. The molecule has 2 saturated heterocycles. The van der Waals surface area contributed by atoms with Gasteiger partial charge in [0.2, 0.25) is 11.8 Å². The third-order valence-electron chi connectivity index (χ3n) is 4.57. The van der Waals surface area contributed by atoms with Crippen molar-refractivity contribution in [2.75, 3.05) is 52.5 Å². The van der Waals surface area contributed by atoms with Gasteiger partial charge >= 0.3 is 0 Å². The molecule has 22 heavy (non-hydrogen) atoms. The Morgan fingerprint density at radius 1 is 1.00 bits per heavy atom. The first-order valence-corrected chi connectivity index (χ1v) is 8.54. The number of piperidine rings is 1. The van der Waals surface area contributed by atoms with Gasteiger partial charge in [0.05, 0.1) is 13.2 Å². The van der Waals surface area contributed by atoms with Crippen LogP contribution in [-0.2, 0) is 14.3 Å². The van der Waals surface area contributed by atoms with E-state index in [2.05, 4.69) is 12.2 Å². The minimum absolute atomic E-state index is 0.0821. The summed E-state index contributed by atoms with van der Waals surface area (Å²) in [5.41, 5.74) is 0. The summed E-state index contributed by atoms with van der Waals surface area (Å²) in [6.45, 7) is 8.37. The van der Waals surface area contributed by atoms with E-state index < -0.39 is 0 Å². The third-order valence-corrected chi connectivity index (χ3v) is 4.57. The zero-order chi connectivity index (χ0) is 15.8. The smallest absolute Gasteiger partial charge is 0.223 e. The van der Waals surface area contributed by atoms with Crippen LogP contribution in [0.4, 0.5) is 0 Å². The van der Waals surface area contributed by atoms with Crippen molar-refractivity contribution >= 4 is 11.8 Å². The first-order valence-electron chi connectivity index (χ1n) is 8.54. The molecule has 0 bridgehead atoms. The zero-order valence-electron chi connectivity index (χ0n) is 13.7. The van der Waals surface area contributed by atoms with Crippen molar-refractivity contribution in [2.45, 2.75) is 32.6 Å². The van der Waals surface area contributed by atoms with Crippen LogP contribution in [0.1, 0.15) is 32.6 Å². The molecule has 0 unspecified atom stereocenters. The number of carbonyl (C=O) groups excluding carboxylic acids is 2. The van der Waals surface area contributed by atoms with Crippen LogP contribution >= 0.6 is 0 Å². The highest BCUT2D eigenvalue weighted by Crippen LogP contribution is 2.17. The van der Waals surface area contributed by atoms with Crippen LogP contribution in [0.15, 0.2) is 0 Å². The maximum atomic E-state index is 12.2. The highest BCUT2D eigenvalue weighted by Gasteiger charge is 2.24. The molecule has 126 valence electrons. The van der Waals surface area contributed by atoms with Crippen molar-refractivity contribution in [1.82, 2.24) is 15.1 Å². The molecule has 1 N–H and O–H groups in total. The summed E-state index contributed by atoms with van der Waals surface area (Å²) in [6, 6.07) is 0. The number of morpholine rings is 1. The molecule has 0 saturated carbocycles. The van der Waals surface area contributed by atoms with E-state index >= 15 is 0 Å². The van der Waals surface area contributed by atoms with Gasteiger partial charge in [0, 0.05) is 39.0 Å². The molecule has 2 aliphatic rings. The van der Waals surface area contributed by atoms with E-state index in [1.54, 1.807) is 4.90 Å². The van der Waals surface area contributed by atoms with Crippen molar-refractivity contribution in [3.63, 3.8) is 0 Å². The molecule has 0 aromatic carbocycles. The van der Waals surface area contributed by atoms with Crippen LogP contribution in [0.25, 0.3) is 0 Å². The van der Waals surface area contributed by atoms with E-state index in [0.29, 0.717) is 45.1 Å². The molecule has 0 aliphatic carbocycles. The molecule has 2 aliphatic heterocycles. The second kappa shape index (κ2) is 9.10. The minimum Gasteiger partial charge on any atom is -0.378 e. The number of hydrogen-bond acceptors (Lipinski definition) is 4. The largest absolute Gasteiger partial charge is 0.378 e. The Labute approximate surface area is 133 Å². The van der Waals surface area contributed by atoms with E-state index in [4.69, 9.17) is 4.74 Å². The molecular weight excluding hydrogens is 282 g/mol. The summed E-state index contributed by atoms with van der Waals surface area (Å²) in [4.78, 5) is 28.0. The van der Waals surface area contributed by atoms with Crippen molar-refractivity contribution in [3.8, 4) is 0 Å². The number of likely N-dealkylation sites (tertiary alicyclic amines) is 1. The Kier molecular flexibility index (Phi) is 7.12. The Hall–Kier alpha value is -1.14. The first kappa shape index (κ1) is 17.2. The lowest BCUT2D eigenvalue weighted by Crippen LogP contribution is -2.43. The second-order valence-corrected chi connectivity index (χ2v) is 6.12. The fraction of sp³-hybridized carbons (Fsp3) is 0.875. The quantitative estimate of drug-likeness (QED) is 0.775. The van der Waals surface area contributed by atoms with Gasteiger partial charge in [-0.05, 0) is 31.8 Å². The summed E-state index contributed by atoms with van der Waals surface area (Å²) in [6.07, 6.45) is 2.80. The van der Waals surface area contributed by atoms with Crippen LogP contribution in [0.5, 0.6) is 0 Å². The lowest BCUT2D eigenvalue weighted by molar-refractivity contribution is -0.140. The average molecular weight is 311 g/mol. The zero-order valence-corrected chi connectivity index (χ0v) is 13.7. The third kappa shape index (κ3) is 5.25. The van der Waals surface area contributed by atoms with Crippen LogP contribution < -0.4 is 5.32 Å². The molecule has 0 aromatic heterocycles. The standard InChI is InChI=1S/C16H29N3O3/c1-2-17-13-14-5-7-18(8-6-14)15(20)3-4-16(21)19-9-11-22-12-10-19/h14,17H,2-13H2,1H3. The number of ether oxygens (including phenoxy) is 1. The Balaban J connectivity index is 1.64. The topological polar surface area (TPSA) is 61.9 Å². The summed E-state index contributed by atoms with van der Waals surface area (Å²) in [7, 11) is 0. The number of hydrogen-bond donors (Lipinski definition) is 1. The number of amides is 2. The monoisotopic (exact) mass is 311 g/mol. The van der Waals surface area contributed by atoms with Gasteiger partial charge in [0.25, 0.3) is 0 Å². The van der Waals surface area contributed by atoms with Crippen molar-refractivity contribution < 1.29 is 14.3 Å². The van der Waals surface area contributed by atoms with Crippen LogP contribution in [0.2, 0.25) is 0 Å². The van der Waals surface area contributed by atoms with E-state index in [1.807, 2.05) is 4.90 Å². The number of nitrogens with zero attached hydrogens (tertiary/aromatic N) is 2. The number of nitrogens with one attached hydrogen (secondary N) is 1. The summed E-state index contributed by atoms with van der Waals surface area (Å²) >= 11 is 0. The highest BCUT2D eigenvalue weighted by atomic mass is 16.5. The van der Waals surface area contributed by atoms with Crippen LogP contribution in [-0.4, -0.2) is 74.1 Å². The summed E-state index contributed by atoms with van der Waals surface area (Å²) < 4.78 is 5.23. The number of carbonyl (C=O) groups is 2. The molecule has 0 atom stereocenters. The van der Waals surface area contributed by atoms with Gasteiger partial charge in [0.15, 0.2) is 0 Å². The lowest BCUT2D eigenvalue weighted by atomic mass is 9.96. The van der Waals surface area contributed by atoms with Crippen molar-refractivity contribution in [3.05, 3.63) is 0 Å². The van der Waals surface area contributed by atoms with E-state index in [-0.39, 0.29) is 11.8 Å². The maximum absolute atomic E-state index is 12.2. The molecule has 2 amide bonds. The predicted octanol–water partition coefficient (Wildman–Crippen LogP) is 0.474. The number of rotatable bonds is 6. The fourth-order valence-corrected chi connectivity index (χ4v) is 3.08. The van der Waals surface area contributed by atoms with Gasteiger partial charge in [-0.3, -0.25) is 9.59 Å². The molecular formula is C16H29N3O3. The fourth-order valence-electron chi connectivity index (χ4n) is 3.08. The Bertz CT molecular complexity index is 362. The normalized spacial score (nSPS) is 20.2. The molecule has 0 radical (unpaired) electrons. The molecule has 0 spiro atoms. The summed E-state index contributed by atoms with van der Waals surface area (Å²) in [5, 5.41) is 3.37. The van der Waals surface area contributed by atoms with Gasteiger partial charge in [-0.25, -0.2) is 0 Å². The predicted molar refractivity (Wildman–Crippen MR) is 84.5 cm³/mol. The second-order valence-electron chi connectivity index (χ2n) is 6.12. The molecule has 2 heterocycles. The van der Waals surface area contributed by atoms with Gasteiger partial charge < -0.3 is 19.9 Å². The van der Waals surface area contributed by atoms with Gasteiger partial charge in [0.1, 0.15) is 0 Å². The van der Waals surface area contributed by atoms with Crippen molar-refractivity contribution in [2.24, 2.45) is 5.92 Å². The van der Waals surface area contributed by atoms with E-state index in [9.17, 15) is 9.59 Å². The Morgan fingerprint density at radius 2 is 1.55 bits per heavy atom. The van der Waals surface area contributed by atoms with Gasteiger partial charge in [-0.2, -0.15) is 0 Å². The SMILES string of the molecule is CCNCC1CCN(C(=O)CCC(=O)N2CCOCC2)CC1. The molecule has 2 fully saturated rings. The maximum Gasteiger partial charge on any atom is 0.223 e. The average Bonchev–Trinajstić information content (AvgIpc) is 2.58. The lowest BCUT2D eigenvalue weighted by Gasteiger charge is -2.32. The Morgan fingerprint density at radius 3 is 2.09 bits per heavy atom. The molecule has 0 aromatic rings. The van der Waals surface area contributed by atoms with Gasteiger partial charge in [-0.1, -0.05) is 6.92 Å². The highest BCUT2D eigenvalue weighted by molar-refractivity contribution is 5.83. The van der Waals surface area contributed by atoms with Crippen molar-refractivity contribution in [1.29, 1.82) is 0 Å². The minimum atomic E-state index is 0.0821. The van der Waals surface area contributed by atoms with Crippen LogP contribution in [0.3, 0.4) is 0 Å². The molecule has 6 heteroatoms. The van der Waals surface area contributed by atoms with E-state index in [0.717, 1.165) is 39.0 Å². The first-order chi connectivity index (χ1) is 10.7. The van der Waals surface area contributed by atoms with E-state index in [1.165, 1.54) is 0 Å². The molecule has 2 rings (SSSR count). The molecule has 6 nitrogen and oxygen atoms in total. The van der Waals surface area contributed by atoms with Gasteiger partial charge in [-0.15, -0.1) is 0 Å². The van der Waals surface area contributed by atoms with Crippen LogP contribution in [0, 0.1) is 5.92 Å².